The monoisotopic (exact) mass is 369 g/mol. The fourth-order valence-corrected chi connectivity index (χ4v) is 4.36. The Morgan fingerprint density at radius 3 is 2.85 bits per heavy atom. The number of benzene rings is 1. The van der Waals surface area contributed by atoms with Crippen molar-refractivity contribution in [2.24, 2.45) is 11.3 Å². The molecular weight excluding hydrogens is 346 g/mol. The molecule has 0 radical (unpaired) electrons. The van der Waals surface area contributed by atoms with Gasteiger partial charge in [0.2, 0.25) is 0 Å². The quantitative estimate of drug-likeness (QED) is 0.770. The van der Waals surface area contributed by atoms with Gasteiger partial charge in [-0.25, -0.2) is 9.78 Å². The van der Waals surface area contributed by atoms with Crippen molar-refractivity contribution in [1.29, 1.82) is 0 Å². The molecule has 142 valence electrons. The summed E-state index contributed by atoms with van der Waals surface area (Å²) in [5.41, 5.74) is 1.64. The van der Waals surface area contributed by atoms with E-state index >= 15 is 0 Å². The van der Waals surface area contributed by atoms with Gasteiger partial charge in [-0.05, 0) is 44.2 Å². The first kappa shape index (κ1) is 17.5. The fraction of sp³-hybridized carbons (Fsp3) is 0.474. The number of urea groups is 1. The normalized spacial score (nSPS) is 24.1. The van der Waals surface area contributed by atoms with E-state index in [1.807, 2.05) is 32.0 Å². The van der Waals surface area contributed by atoms with Crippen LogP contribution in [0.1, 0.15) is 30.7 Å². The molecule has 8 heteroatoms. The molecule has 2 heterocycles. The highest BCUT2D eigenvalue weighted by atomic mass is 16.4. The van der Waals surface area contributed by atoms with Crippen LogP contribution in [0.15, 0.2) is 18.2 Å². The van der Waals surface area contributed by atoms with Crippen LogP contribution >= 0.6 is 0 Å². The summed E-state index contributed by atoms with van der Waals surface area (Å²) in [5, 5.41) is 19.6. The standard InChI is InChI=1S/C19H23N5O3/c1-11-5-6-13(16-20-12(2)22-23-16)8-15(11)21-18(27)24-9-14-4-3-7-19(14,10-24)17(25)26/h5-6,8,14H,3-4,7,9-10H2,1-2H3,(H,21,27)(H,25,26)(H,20,22,23)/t14-,19+/m0/s1. The Morgan fingerprint density at radius 2 is 2.19 bits per heavy atom. The summed E-state index contributed by atoms with van der Waals surface area (Å²) in [5.74, 6) is 0.560. The lowest BCUT2D eigenvalue weighted by Crippen LogP contribution is -2.38. The molecule has 2 atom stereocenters. The van der Waals surface area contributed by atoms with Crippen LogP contribution in [0.3, 0.4) is 0 Å². The third-order valence-corrected chi connectivity index (χ3v) is 5.92. The molecule has 1 saturated heterocycles. The van der Waals surface area contributed by atoms with Crippen LogP contribution in [0.5, 0.6) is 0 Å². The SMILES string of the molecule is Cc1nc(-c2ccc(C)c(NC(=O)N3C[C@@H]4CCC[C@@]4(C(=O)O)C3)c2)n[nH]1. The van der Waals surface area contributed by atoms with E-state index in [0.29, 0.717) is 24.5 Å². The summed E-state index contributed by atoms with van der Waals surface area (Å²) in [4.78, 5) is 30.6. The van der Waals surface area contributed by atoms with Gasteiger partial charge in [0, 0.05) is 24.3 Å². The van der Waals surface area contributed by atoms with E-state index in [4.69, 9.17) is 0 Å². The molecule has 2 amide bonds. The van der Waals surface area contributed by atoms with E-state index in [0.717, 1.165) is 29.8 Å². The van der Waals surface area contributed by atoms with Crippen LogP contribution in [0, 0.1) is 25.2 Å². The number of fused-ring (bicyclic) bond motifs is 1. The number of nitrogens with zero attached hydrogens (tertiary/aromatic N) is 3. The molecule has 0 spiro atoms. The van der Waals surface area contributed by atoms with Gasteiger partial charge in [0.1, 0.15) is 5.82 Å². The van der Waals surface area contributed by atoms with Gasteiger partial charge in [0.25, 0.3) is 0 Å². The second kappa shape index (κ2) is 6.37. The number of aliphatic carboxylic acids is 1. The second-order valence-corrected chi connectivity index (χ2v) is 7.64. The smallest absolute Gasteiger partial charge is 0.321 e. The summed E-state index contributed by atoms with van der Waals surface area (Å²) in [7, 11) is 0. The third kappa shape index (κ3) is 2.94. The van der Waals surface area contributed by atoms with Crippen molar-refractivity contribution in [3.63, 3.8) is 0 Å². The van der Waals surface area contributed by atoms with Crippen molar-refractivity contribution in [3.8, 4) is 11.4 Å². The van der Waals surface area contributed by atoms with E-state index in [9.17, 15) is 14.7 Å². The summed E-state index contributed by atoms with van der Waals surface area (Å²) in [6.07, 6.45) is 2.44. The number of anilines is 1. The number of rotatable bonds is 3. The molecule has 0 bridgehead atoms. The van der Waals surface area contributed by atoms with Crippen LogP contribution in [-0.2, 0) is 4.79 Å². The number of amides is 2. The molecule has 3 N–H and O–H groups in total. The van der Waals surface area contributed by atoms with Crippen LogP contribution in [0.4, 0.5) is 10.5 Å². The highest BCUT2D eigenvalue weighted by Crippen LogP contribution is 2.49. The largest absolute Gasteiger partial charge is 0.481 e. The first-order chi connectivity index (χ1) is 12.9. The maximum atomic E-state index is 12.8. The van der Waals surface area contributed by atoms with Crippen LogP contribution < -0.4 is 5.32 Å². The maximum Gasteiger partial charge on any atom is 0.321 e. The Bertz CT molecular complexity index is 909. The van der Waals surface area contributed by atoms with Gasteiger partial charge in [-0.15, -0.1) is 0 Å². The van der Waals surface area contributed by atoms with E-state index in [1.165, 1.54) is 0 Å². The Hall–Kier alpha value is -2.90. The van der Waals surface area contributed by atoms with E-state index in [2.05, 4.69) is 20.5 Å². The van der Waals surface area contributed by atoms with Gasteiger partial charge >= 0.3 is 12.0 Å². The minimum absolute atomic E-state index is 0.0458. The second-order valence-electron chi connectivity index (χ2n) is 7.64. The minimum Gasteiger partial charge on any atom is -0.481 e. The molecular formula is C19H23N5O3. The Kier molecular flexibility index (Phi) is 4.13. The first-order valence-electron chi connectivity index (χ1n) is 9.18. The summed E-state index contributed by atoms with van der Waals surface area (Å²) in [6, 6.07) is 5.41. The molecule has 2 aromatic rings. The molecule has 4 rings (SSSR count). The Balaban J connectivity index is 1.53. The molecule has 1 aromatic heterocycles. The molecule has 2 fully saturated rings. The Labute approximate surface area is 157 Å². The zero-order valence-corrected chi connectivity index (χ0v) is 15.5. The number of aryl methyl sites for hydroxylation is 2. The lowest BCUT2D eigenvalue weighted by molar-refractivity contribution is -0.149. The summed E-state index contributed by atoms with van der Waals surface area (Å²) < 4.78 is 0. The molecule has 1 aliphatic carbocycles. The van der Waals surface area contributed by atoms with Crippen molar-refractivity contribution >= 4 is 17.7 Å². The molecule has 0 unspecified atom stereocenters. The lowest BCUT2D eigenvalue weighted by Gasteiger charge is -2.23. The summed E-state index contributed by atoms with van der Waals surface area (Å²) in [6.45, 7) is 4.52. The topological polar surface area (TPSA) is 111 Å². The first-order valence-corrected chi connectivity index (χ1v) is 9.18. The van der Waals surface area contributed by atoms with Crippen molar-refractivity contribution in [2.45, 2.75) is 33.1 Å². The van der Waals surface area contributed by atoms with Gasteiger partial charge in [0.05, 0.1) is 5.41 Å². The summed E-state index contributed by atoms with van der Waals surface area (Å²) >= 11 is 0. The van der Waals surface area contributed by atoms with Crippen LogP contribution in [0.2, 0.25) is 0 Å². The van der Waals surface area contributed by atoms with Gasteiger partial charge in [0.15, 0.2) is 5.82 Å². The van der Waals surface area contributed by atoms with E-state index in [-0.39, 0.29) is 18.5 Å². The fourth-order valence-electron chi connectivity index (χ4n) is 4.36. The number of H-pyrrole nitrogens is 1. The lowest BCUT2D eigenvalue weighted by atomic mass is 9.81. The number of carboxylic acid groups (broad SMARTS) is 1. The Morgan fingerprint density at radius 1 is 1.37 bits per heavy atom. The molecule has 1 aromatic carbocycles. The number of carbonyl (C=O) groups is 2. The van der Waals surface area contributed by atoms with E-state index in [1.54, 1.807) is 4.90 Å². The number of likely N-dealkylation sites (tertiary alicyclic amines) is 1. The van der Waals surface area contributed by atoms with Crippen LogP contribution in [0.25, 0.3) is 11.4 Å². The number of hydrogen-bond donors (Lipinski definition) is 3. The van der Waals surface area contributed by atoms with Crippen molar-refractivity contribution in [2.75, 3.05) is 18.4 Å². The predicted octanol–water partition coefficient (Wildman–Crippen LogP) is 2.81. The number of carbonyl (C=O) groups excluding carboxylic acids is 1. The number of hydrogen-bond acceptors (Lipinski definition) is 4. The molecule has 1 saturated carbocycles. The molecule has 2 aliphatic rings. The molecule has 1 aliphatic heterocycles. The number of aromatic amines is 1. The van der Waals surface area contributed by atoms with Gasteiger partial charge in [-0.3, -0.25) is 9.89 Å². The van der Waals surface area contributed by atoms with Crippen molar-refractivity contribution in [3.05, 3.63) is 29.6 Å². The third-order valence-electron chi connectivity index (χ3n) is 5.92. The van der Waals surface area contributed by atoms with Gasteiger partial charge in [-0.1, -0.05) is 18.6 Å². The molecule has 8 nitrogen and oxygen atoms in total. The van der Waals surface area contributed by atoms with Crippen LogP contribution in [-0.4, -0.2) is 50.3 Å². The average molecular weight is 369 g/mol. The molecule has 27 heavy (non-hydrogen) atoms. The zero-order valence-electron chi connectivity index (χ0n) is 15.5. The highest BCUT2D eigenvalue weighted by Gasteiger charge is 2.55. The van der Waals surface area contributed by atoms with Gasteiger partial charge in [-0.2, -0.15) is 5.10 Å². The zero-order chi connectivity index (χ0) is 19.2. The highest BCUT2D eigenvalue weighted by molar-refractivity contribution is 5.92. The number of aromatic nitrogens is 3. The number of nitrogens with one attached hydrogen (secondary N) is 2. The maximum absolute atomic E-state index is 12.8. The minimum atomic E-state index is -0.779. The van der Waals surface area contributed by atoms with Crippen molar-refractivity contribution < 1.29 is 14.7 Å². The van der Waals surface area contributed by atoms with Gasteiger partial charge < -0.3 is 15.3 Å². The predicted molar refractivity (Wildman–Crippen MR) is 99.3 cm³/mol. The number of carboxylic acids is 1. The van der Waals surface area contributed by atoms with Crippen molar-refractivity contribution in [1.82, 2.24) is 20.1 Å². The van der Waals surface area contributed by atoms with E-state index < -0.39 is 11.4 Å². The average Bonchev–Trinajstić information content (AvgIpc) is 3.30.